The molecule has 2 rings (SSSR count). The van der Waals surface area contributed by atoms with E-state index in [0.29, 0.717) is 5.56 Å². The van der Waals surface area contributed by atoms with E-state index in [2.05, 4.69) is 9.97 Å². The molecule has 5 nitrogen and oxygen atoms in total. The number of hydrogen-bond acceptors (Lipinski definition) is 5. The predicted molar refractivity (Wildman–Crippen MR) is 87.3 cm³/mol. The minimum Gasteiger partial charge on any atom is -0.617 e. The van der Waals surface area contributed by atoms with Gasteiger partial charge in [0.1, 0.15) is 15.8 Å². The van der Waals surface area contributed by atoms with Crippen LogP contribution in [0, 0.1) is 0 Å². The molecule has 24 heavy (non-hydrogen) atoms. The molecule has 0 bridgehead atoms. The molecule has 0 N–H and O–H groups in total. The molecule has 0 aliphatic heterocycles. The van der Waals surface area contributed by atoms with E-state index < -0.39 is 29.0 Å². The molecule has 2 heterocycles. The van der Waals surface area contributed by atoms with Crippen LogP contribution in [0.2, 0.25) is 0 Å². The molecule has 0 saturated heterocycles. The largest absolute Gasteiger partial charge is 0.617 e. The van der Waals surface area contributed by atoms with Gasteiger partial charge in [-0.25, -0.2) is 4.98 Å². The van der Waals surface area contributed by atoms with Crippen molar-refractivity contribution in [3.05, 3.63) is 30.2 Å². The quantitative estimate of drug-likeness (QED) is 0.752. The molecule has 0 saturated carbocycles. The zero-order valence-electron chi connectivity index (χ0n) is 12.8. The first kappa shape index (κ1) is 18.7. The Hall–Kier alpha value is -1.65. The van der Waals surface area contributed by atoms with Gasteiger partial charge in [-0.05, 0) is 12.1 Å². The summed E-state index contributed by atoms with van der Waals surface area (Å²) in [5.74, 6) is -0.448. The van der Waals surface area contributed by atoms with Crippen LogP contribution in [0.25, 0.3) is 10.6 Å². The van der Waals surface area contributed by atoms with E-state index in [1.807, 2.05) is 0 Å². The van der Waals surface area contributed by atoms with Gasteiger partial charge in [-0.2, -0.15) is 13.2 Å². The van der Waals surface area contributed by atoms with E-state index in [0.717, 1.165) is 16.2 Å². The molecule has 1 atom stereocenters. The van der Waals surface area contributed by atoms with Crippen molar-refractivity contribution in [3.8, 4) is 10.6 Å². The standard InChI is InChI=1S/C14H14F3N3O2S2/c1-20(10(21)5-7-24(2)22)13-11(14(15,16)17)19-12(23-13)9-4-3-6-18-8-9/h3-4,6,8H,5,7H2,1-2H3. The highest BCUT2D eigenvalue weighted by atomic mass is 32.2. The Labute approximate surface area is 143 Å². The third kappa shape index (κ3) is 4.46. The fourth-order valence-corrected chi connectivity index (χ4v) is 3.37. The summed E-state index contributed by atoms with van der Waals surface area (Å²) < 4.78 is 50.8. The molecule has 0 spiro atoms. The second-order valence-electron chi connectivity index (χ2n) is 4.89. The van der Waals surface area contributed by atoms with Gasteiger partial charge in [-0.3, -0.25) is 9.78 Å². The Bertz CT molecular complexity index is 705. The van der Waals surface area contributed by atoms with E-state index in [4.69, 9.17) is 0 Å². The maximum atomic E-state index is 13.3. The summed E-state index contributed by atoms with van der Waals surface area (Å²) in [5, 5.41) is -0.155. The number of halogens is 3. The molecular weight excluding hydrogens is 363 g/mol. The minimum atomic E-state index is -4.69. The first-order chi connectivity index (χ1) is 11.2. The van der Waals surface area contributed by atoms with Crippen LogP contribution in [-0.4, -0.2) is 39.5 Å². The van der Waals surface area contributed by atoms with Crippen molar-refractivity contribution in [2.75, 3.05) is 24.0 Å². The minimum absolute atomic E-state index is 0.0960. The summed E-state index contributed by atoms with van der Waals surface area (Å²) in [6.07, 6.45) is -0.443. The van der Waals surface area contributed by atoms with E-state index in [1.165, 1.54) is 25.7 Å². The Morgan fingerprint density at radius 1 is 1.46 bits per heavy atom. The van der Waals surface area contributed by atoms with Crippen molar-refractivity contribution in [1.82, 2.24) is 9.97 Å². The normalized spacial score (nSPS) is 12.9. The first-order valence-electron chi connectivity index (χ1n) is 6.75. The van der Waals surface area contributed by atoms with Gasteiger partial charge in [0.15, 0.2) is 5.69 Å². The number of pyridine rings is 1. The molecule has 0 aliphatic rings. The highest BCUT2D eigenvalue weighted by Crippen LogP contribution is 2.42. The Morgan fingerprint density at radius 2 is 2.17 bits per heavy atom. The van der Waals surface area contributed by atoms with Gasteiger partial charge in [0.05, 0.1) is 12.7 Å². The number of aromatic nitrogens is 2. The molecule has 2 aromatic rings. The summed E-state index contributed by atoms with van der Waals surface area (Å²) in [6, 6.07) is 3.19. The molecule has 2 aromatic heterocycles. The average Bonchev–Trinajstić information content (AvgIpc) is 2.98. The maximum Gasteiger partial charge on any atom is 0.436 e. The summed E-state index contributed by atoms with van der Waals surface area (Å²) in [4.78, 5) is 20.5. The van der Waals surface area contributed by atoms with Gasteiger partial charge < -0.3 is 9.45 Å². The van der Waals surface area contributed by atoms with E-state index in [9.17, 15) is 22.5 Å². The smallest absolute Gasteiger partial charge is 0.436 e. The molecule has 0 radical (unpaired) electrons. The lowest BCUT2D eigenvalue weighted by Gasteiger charge is -2.17. The number of rotatable bonds is 5. The van der Waals surface area contributed by atoms with Crippen molar-refractivity contribution >= 4 is 33.4 Å². The first-order valence-corrected chi connectivity index (χ1v) is 9.29. The highest BCUT2D eigenvalue weighted by molar-refractivity contribution is 7.90. The molecule has 10 heteroatoms. The molecule has 0 aliphatic carbocycles. The van der Waals surface area contributed by atoms with Gasteiger partial charge in [-0.15, -0.1) is 0 Å². The average molecular weight is 377 g/mol. The number of carbonyl (C=O) groups excluding carboxylic acids is 1. The zero-order chi connectivity index (χ0) is 17.9. The van der Waals surface area contributed by atoms with Crippen LogP contribution in [0.5, 0.6) is 0 Å². The van der Waals surface area contributed by atoms with Crippen LogP contribution in [0.3, 0.4) is 0 Å². The Morgan fingerprint density at radius 3 is 2.71 bits per heavy atom. The topological polar surface area (TPSA) is 69.2 Å². The van der Waals surface area contributed by atoms with E-state index >= 15 is 0 Å². The fraction of sp³-hybridized carbons (Fsp3) is 0.357. The zero-order valence-corrected chi connectivity index (χ0v) is 14.5. The second-order valence-corrected chi connectivity index (χ2v) is 7.42. The van der Waals surface area contributed by atoms with Crippen LogP contribution < -0.4 is 4.90 Å². The number of hydrogen-bond donors (Lipinski definition) is 0. The molecular formula is C14H14F3N3O2S2. The van der Waals surface area contributed by atoms with Crippen LogP contribution in [0.4, 0.5) is 18.2 Å². The van der Waals surface area contributed by atoms with Crippen molar-refractivity contribution in [2.24, 2.45) is 0 Å². The lowest BCUT2D eigenvalue weighted by molar-refractivity contribution is -0.140. The van der Waals surface area contributed by atoms with Crippen molar-refractivity contribution in [2.45, 2.75) is 12.6 Å². The maximum absolute atomic E-state index is 13.3. The third-order valence-corrected chi connectivity index (χ3v) is 5.03. The van der Waals surface area contributed by atoms with Crippen LogP contribution in [-0.2, 0) is 22.1 Å². The fourth-order valence-electron chi connectivity index (χ4n) is 1.85. The SMILES string of the molecule is CN(C(=O)CC[S+](C)[O-])c1sc(-c2cccnc2)nc1C(F)(F)F. The van der Waals surface area contributed by atoms with Crippen LogP contribution in [0.1, 0.15) is 12.1 Å². The third-order valence-electron chi connectivity index (χ3n) is 3.07. The van der Waals surface area contributed by atoms with E-state index in [1.54, 1.807) is 12.1 Å². The number of amides is 1. The highest BCUT2D eigenvalue weighted by Gasteiger charge is 2.39. The van der Waals surface area contributed by atoms with Gasteiger partial charge in [0, 0.05) is 25.0 Å². The lowest BCUT2D eigenvalue weighted by atomic mass is 10.3. The number of nitrogens with zero attached hydrogens (tertiary/aromatic N) is 3. The number of alkyl halides is 3. The molecule has 0 aromatic carbocycles. The molecule has 130 valence electrons. The number of anilines is 1. The Kier molecular flexibility index (Phi) is 5.83. The van der Waals surface area contributed by atoms with E-state index in [-0.39, 0.29) is 22.2 Å². The summed E-state index contributed by atoms with van der Waals surface area (Å²) in [5.41, 5.74) is -0.672. The number of carbonyl (C=O) groups is 1. The summed E-state index contributed by atoms with van der Waals surface area (Å²) in [6.45, 7) is 0. The second kappa shape index (κ2) is 7.49. The van der Waals surface area contributed by atoms with Gasteiger partial charge in [0.25, 0.3) is 0 Å². The lowest BCUT2D eigenvalue weighted by Crippen LogP contribution is -2.29. The van der Waals surface area contributed by atoms with Gasteiger partial charge in [-0.1, -0.05) is 22.5 Å². The summed E-state index contributed by atoms with van der Waals surface area (Å²) >= 11 is -0.428. The molecule has 1 amide bonds. The van der Waals surface area contributed by atoms with Gasteiger partial charge in [0.2, 0.25) is 5.91 Å². The number of thiazole rings is 1. The van der Waals surface area contributed by atoms with Crippen molar-refractivity contribution < 1.29 is 22.5 Å². The predicted octanol–water partition coefficient (Wildman–Crippen LogP) is 2.96. The van der Waals surface area contributed by atoms with Crippen LogP contribution in [0.15, 0.2) is 24.5 Å². The monoisotopic (exact) mass is 377 g/mol. The van der Waals surface area contributed by atoms with Crippen molar-refractivity contribution in [3.63, 3.8) is 0 Å². The van der Waals surface area contributed by atoms with Gasteiger partial charge >= 0.3 is 6.18 Å². The van der Waals surface area contributed by atoms with Crippen molar-refractivity contribution in [1.29, 1.82) is 0 Å². The Balaban J connectivity index is 2.37. The summed E-state index contributed by atoms with van der Waals surface area (Å²) in [7, 11) is 1.26. The molecule has 1 unspecified atom stereocenters. The molecule has 0 fully saturated rings. The van der Waals surface area contributed by atoms with Crippen LogP contribution >= 0.6 is 11.3 Å².